The summed E-state index contributed by atoms with van der Waals surface area (Å²) in [6, 6.07) is 4.04. The van der Waals surface area contributed by atoms with Gasteiger partial charge in [0.1, 0.15) is 5.75 Å². The molecule has 0 aliphatic rings. The second-order valence-electron chi connectivity index (χ2n) is 4.59. The number of aromatic hydroxyl groups is 1. The summed E-state index contributed by atoms with van der Waals surface area (Å²) in [5, 5.41) is 25.0. The van der Waals surface area contributed by atoms with Crippen LogP contribution < -0.4 is 14.9 Å². The molecule has 0 saturated carbocycles. The monoisotopic (exact) mass is 346 g/mol. The molecule has 10 nitrogen and oxygen atoms in total. The van der Waals surface area contributed by atoms with E-state index in [0.717, 1.165) is 12.3 Å². The molecule has 2 rings (SSSR count). The van der Waals surface area contributed by atoms with E-state index in [1.807, 2.05) is 0 Å². The first kappa shape index (κ1) is 17.7. The minimum atomic E-state index is -0.704. The number of nitrogens with zero attached hydrogens (tertiary/aromatic N) is 3. The highest BCUT2D eigenvalue weighted by Gasteiger charge is 2.27. The predicted molar refractivity (Wildman–Crippen MR) is 87.2 cm³/mol. The number of aromatic nitrogens is 1. The molecular formula is C15H14N4O6. The third-order valence-electron chi connectivity index (χ3n) is 3.15. The number of hydrazone groups is 1. The molecule has 10 heteroatoms. The third-order valence-corrected chi connectivity index (χ3v) is 3.15. The molecule has 2 aromatic rings. The molecule has 1 heterocycles. The molecule has 0 radical (unpaired) electrons. The Bertz CT molecular complexity index is 823. The number of rotatable bonds is 6. The van der Waals surface area contributed by atoms with Gasteiger partial charge in [0, 0.05) is 24.0 Å². The van der Waals surface area contributed by atoms with Crippen LogP contribution in [0.5, 0.6) is 17.2 Å². The Kier molecular flexibility index (Phi) is 5.46. The molecule has 1 aromatic heterocycles. The van der Waals surface area contributed by atoms with Crippen molar-refractivity contribution >= 4 is 17.8 Å². The smallest absolute Gasteiger partial charge is 0.353 e. The van der Waals surface area contributed by atoms with Crippen molar-refractivity contribution in [2.75, 3.05) is 14.2 Å². The number of pyridine rings is 1. The molecule has 0 unspecified atom stereocenters. The number of phenols is 1. The molecule has 0 fully saturated rings. The van der Waals surface area contributed by atoms with E-state index in [1.54, 1.807) is 0 Å². The van der Waals surface area contributed by atoms with Crippen molar-refractivity contribution in [1.82, 2.24) is 10.4 Å². The van der Waals surface area contributed by atoms with Crippen molar-refractivity contribution in [3.05, 3.63) is 51.8 Å². The van der Waals surface area contributed by atoms with Gasteiger partial charge in [-0.2, -0.15) is 5.10 Å². The second-order valence-corrected chi connectivity index (χ2v) is 4.59. The van der Waals surface area contributed by atoms with E-state index in [4.69, 9.17) is 9.47 Å². The van der Waals surface area contributed by atoms with Gasteiger partial charge >= 0.3 is 5.69 Å². The lowest BCUT2D eigenvalue weighted by Crippen LogP contribution is -2.17. The average Bonchev–Trinajstić information content (AvgIpc) is 2.62. The lowest BCUT2D eigenvalue weighted by atomic mass is 10.1. The lowest BCUT2D eigenvalue weighted by molar-refractivity contribution is -0.386. The van der Waals surface area contributed by atoms with Crippen LogP contribution in [0.1, 0.15) is 15.9 Å². The van der Waals surface area contributed by atoms with Gasteiger partial charge < -0.3 is 14.6 Å². The van der Waals surface area contributed by atoms with Gasteiger partial charge in [0.25, 0.3) is 5.91 Å². The quantitative estimate of drug-likeness (QED) is 0.459. The van der Waals surface area contributed by atoms with Crippen LogP contribution >= 0.6 is 0 Å². The van der Waals surface area contributed by atoms with E-state index in [9.17, 15) is 20.0 Å². The van der Waals surface area contributed by atoms with Gasteiger partial charge in [0.05, 0.1) is 30.9 Å². The van der Waals surface area contributed by atoms with Crippen LogP contribution in [0, 0.1) is 10.1 Å². The molecule has 2 N–H and O–H groups in total. The number of benzene rings is 1. The maximum atomic E-state index is 11.9. The number of nitro benzene ring substituents is 1. The zero-order valence-corrected chi connectivity index (χ0v) is 13.3. The zero-order chi connectivity index (χ0) is 18.4. The van der Waals surface area contributed by atoms with Gasteiger partial charge in [0.2, 0.25) is 11.5 Å². The molecule has 0 aliphatic heterocycles. The normalized spacial score (nSPS) is 10.5. The Balaban J connectivity index is 2.34. The fourth-order valence-electron chi connectivity index (χ4n) is 2.01. The number of carbonyl (C=O) groups is 1. The topological polar surface area (TPSA) is 136 Å². The highest BCUT2D eigenvalue weighted by Crippen LogP contribution is 2.43. The van der Waals surface area contributed by atoms with Crippen LogP contribution in [0.2, 0.25) is 0 Å². The maximum Gasteiger partial charge on any atom is 0.353 e. The van der Waals surface area contributed by atoms with Gasteiger partial charge in [-0.1, -0.05) is 0 Å². The fraction of sp³-hybridized carbons (Fsp3) is 0.133. The Labute approximate surface area is 141 Å². The number of hydrogen-bond acceptors (Lipinski definition) is 8. The Morgan fingerprint density at radius 3 is 2.60 bits per heavy atom. The van der Waals surface area contributed by atoms with Crippen molar-refractivity contribution < 1.29 is 24.3 Å². The number of nitrogens with one attached hydrogen (secondary N) is 1. The number of nitro groups is 1. The largest absolute Gasteiger partial charge is 0.507 e. The standard InChI is InChI=1S/C15H14N4O6/c1-24-12-7-11(20)10(14(25-2)13(12)19(22)23)8-17-18-15(21)9-3-5-16-6-4-9/h3-8,20H,1-2H3,(H,18,21)/b17-8+. The molecule has 1 amide bonds. The summed E-state index contributed by atoms with van der Waals surface area (Å²) < 4.78 is 9.89. The number of amides is 1. The van der Waals surface area contributed by atoms with Crippen LogP contribution in [0.4, 0.5) is 5.69 Å². The van der Waals surface area contributed by atoms with Crippen LogP contribution in [0.15, 0.2) is 35.7 Å². The molecule has 0 aliphatic carbocycles. The van der Waals surface area contributed by atoms with Crippen molar-refractivity contribution in [3.63, 3.8) is 0 Å². The summed E-state index contributed by atoms with van der Waals surface area (Å²) in [4.78, 5) is 26.2. The molecule has 25 heavy (non-hydrogen) atoms. The molecule has 0 saturated heterocycles. The first-order valence-electron chi connectivity index (χ1n) is 6.85. The summed E-state index contributed by atoms with van der Waals surface area (Å²) in [6.45, 7) is 0. The van der Waals surface area contributed by atoms with Crippen LogP contribution in [-0.4, -0.2) is 41.4 Å². The minimum absolute atomic E-state index is 0.0787. The number of carbonyl (C=O) groups excluding carboxylic acids is 1. The highest BCUT2D eigenvalue weighted by atomic mass is 16.6. The molecule has 1 aromatic carbocycles. The Hall–Kier alpha value is -3.69. The fourth-order valence-corrected chi connectivity index (χ4v) is 2.01. The van der Waals surface area contributed by atoms with Gasteiger partial charge in [-0.15, -0.1) is 0 Å². The summed E-state index contributed by atoms with van der Waals surface area (Å²) in [5.41, 5.74) is 2.01. The Morgan fingerprint density at radius 2 is 2.04 bits per heavy atom. The van der Waals surface area contributed by atoms with Gasteiger partial charge in [-0.05, 0) is 12.1 Å². The van der Waals surface area contributed by atoms with E-state index in [-0.39, 0.29) is 22.8 Å². The van der Waals surface area contributed by atoms with Crippen molar-refractivity contribution in [2.24, 2.45) is 5.10 Å². The van der Waals surface area contributed by atoms with Gasteiger partial charge in [-0.25, -0.2) is 5.43 Å². The van der Waals surface area contributed by atoms with E-state index >= 15 is 0 Å². The van der Waals surface area contributed by atoms with Gasteiger partial charge in [0.15, 0.2) is 0 Å². The lowest BCUT2D eigenvalue weighted by Gasteiger charge is -2.10. The summed E-state index contributed by atoms with van der Waals surface area (Å²) in [5.74, 6) is -1.29. The molecule has 0 spiro atoms. The predicted octanol–water partition coefficient (Wildman–Crippen LogP) is 1.48. The maximum absolute atomic E-state index is 11.9. The number of hydrogen-bond donors (Lipinski definition) is 2. The van der Waals surface area contributed by atoms with Crippen LogP contribution in [-0.2, 0) is 0 Å². The summed E-state index contributed by atoms with van der Waals surface area (Å²) in [6.07, 6.45) is 3.93. The molecule has 0 atom stereocenters. The van der Waals surface area contributed by atoms with E-state index < -0.39 is 16.5 Å². The first-order valence-corrected chi connectivity index (χ1v) is 6.85. The summed E-state index contributed by atoms with van der Waals surface area (Å²) in [7, 11) is 2.43. The van der Waals surface area contributed by atoms with Crippen molar-refractivity contribution in [2.45, 2.75) is 0 Å². The number of phenolic OH excluding ortho intramolecular Hbond substituents is 1. The van der Waals surface area contributed by atoms with Gasteiger partial charge in [-0.3, -0.25) is 19.9 Å². The number of methoxy groups -OCH3 is 2. The third kappa shape index (κ3) is 3.80. The van der Waals surface area contributed by atoms with E-state index in [2.05, 4.69) is 15.5 Å². The van der Waals surface area contributed by atoms with Crippen LogP contribution in [0.3, 0.4) is 0 Å². The van der Waals surface area contributed by atoms with E-state index in [0.29, 0.717) is 5.56 Å². The van der Waals surface area contributed by atoms with Crippen molar-refractivity contribution in [3.8, 4) is 17.2 Å². The molecular weight excluding hydrogens is 332 g/mol. The first-order chi connectivity index (χ1) is 12.0. The van der Waals surface area contributed by atoms with Crippen molar-refractivity contribution in [1.29, 1.82) is 0 Å². The summed E-state index contributed by atoms with van der Waals surface area (Å²) >= 11 is 0. The molecule has 0 bridgehead atoms. The average molecular weight is 346 g/mol. The second kappa shape index (κ2) is 7.73. The number of ether oxygens (including phenoxy) is 2. The van der Waals surface area contributed by atoms with Crippen LogP contribution in [0.25, 0.3) is 0 Å². The Morgan fingerprint density at radius 1 is 1.36 bits per heavy atom. The highest BCUT2D eigenvalue weighted by molar-refractivity contribution is 5.96. The van der Waals surface area contributed by atoms with E-state index in [1.165, 1.54) is 38.7 Å². The SMILES string of the molecule is COc1cc(O)c(/C=N/NC(=O)c2ccncc2)c(OC)c1[N+](=O)[O-]. The molecule has 130 valence electrons. The zero-order valence-electron chi connectivity index (χ0n) is 13.3. The minimum Gasteiger partial charge on any atom is -0.507 e.